The van der Waals surface area contributed by atoms with Gasteiger partial charge in [0.1, 0.15) is 13.2 Å². The van der Waals surface area contributed by atoms with Crippen molar-refractivity contribution in [2.75, 3.05) is 13.2 Å². The van der Waals surface area contributed by atoms with Crippen LogP contribution in [0.4, 0.5) is 0 Å². The minimum atomic E-state index is -0.818. The van der Waals surface area contributed by atoms with Crippen molar-refractivity contribution in [3.8, 4) is 0 Å². The predicted molar refractivity (Wildman–Crippen MR) is 334 cm³/mol. The predicted octanol–water partition coefficient (Wildman–Crippen LogP) is 21.5. The summed E-state index contributed by atoms with van der Waals surface area (Å²) in [6.45, 7) is 6.34. The van der Waals surface area contributed by atoms with Gasteiger partial charge in [-0.1, -0.05) is 250 Å². The van der Waals surface area contributed by atoms with Crippen molar-refractivity contribution in [2.45, 2.75) is 271 Å². The third-order valence-corrected chi connectivity index (χ3v) is 12.8. The standard InChI is InChI=1S/C71H114O6/c1-4-7-10-13-16-19-22-25-28-30-32-33-34-35-36-37-39-40-43-46-49-52-55-58-61-64-70(73)76-67-68(66-75-69(72)63-60-57-54-51-48-45-42-27-24-21-18-15-12-9-6-3)77-71(74)65-62-59-56-53-50-47-44-41-38-31-29-26-23-20-17-14-11-8-5-2/h7,9-10,12,16,18-19,21,25-29,32-33,35-36,39-40,42,46,48-49,51,68H,4-6,8,11,13-15,17,20,22-24,30-31,34,37-38,41,43-45,47,50,52-67H2,1-3H3/b10-7-,12-9-,19-16-,21-18-,28-25-,29-26-,33-32-,36-35-,40-39-,42-27-,49-46-,51-48-. The second-order valence-corrected chi connectivity index (χ2v) is 20.2. The molecular formula is C71H114O6. The monoisotopic (exact) mass is 1060 g/mol. The number of carbonyl (C=O) groups is 3. The molecule has 0 amide bonds. The van der Waals surface area contributed by atoms with Crippen molar-refractivity contribution in [3.63, 3.8) is 0 Å². The molecule has 6 heteroatoms. The maximum atomic E-state index is 12.9. The van der Waals surface area contributed by atoms with E-state index in [0.29, 0.717) is 25.7 Å². The number of ether oxygens (including phenoxy) is 3. The Balaban J connectivity index is 4.50. The van der Waals surface area contributed by atoms with Gasteiger partial charge in [-0.2, -0.15) is 0 Å². The molecule has 1 unspecified atom stereocenters. The van der Waals surface area contributed by atoms with Gasteiger partial charge in [0.15, 0.2) is 6.10 Å². The Hall–Kier alpha value is -4.71. The van der Waals surface area contributed by atoms with Gasteiger partial charge in [0, 0.05) is 19.3 Å². The summed E-state index contributed by atoms with van der Waals surface area (Å²) in [5, 5.41) is 0. The lowest BCUT2D eigenvalue weighted by Crippen LogP contribution is -2.30. The van der Waals surface area contributed by atoms with Gasteiger partial charge in [0.25, 0.3) is 0 Å². The van der Waals surface area contributed by atoms with Crippen LogP contribution in [-0.2, 0) is 28.6 Å². The number of carbonyl (C=O) groups excluding carboxylic acids is 3. The zero-order valence-corrected chi connectivity index (χ0v) is 49.7. The molecule has 0 aliphatic carbocycles. The molecule has 0 aromatic rings. The number of rotatable bonds is 55. The van der Waals surface area contributed by atoms with Crippen LogP contribution >= 0.6 is 0 Å². The van der Waals surface area contributed by atoms with Gasteiger partial charge in [-0.3, -0.25) is 14.4 Å². The summed E-state index contributed by atoms with van der Waals surface area (Å²) in [5.74, 6) is -0.989. The van der Waals surface area contributed by atoms with Crippen LogP contribution in [0.2, 0.25) is 0 Å². The molecule has 0 radical (unpaired) electrons. The third kappa shape index (κ3) is 62.0. The van der Waals surface area contributed by atoms with Gasteiger partial charge in [-0.25, -0.2) is 0 Å². The van der Waals surface area contributed by atoms with Gasteiger partial charge >= 0.3 is 17.9 Å². The van der Waals surface area contributed by atoms with Crippen molar-refractivity contribution in [1.29, 1.82) is 0 Å². The molecule has 1 atom stereocenters. The molecule has 0 saturated carbocycles. The van der Waals surface area contributed by atoms with Gasteiger partial charge in [-0.15, -0.1) is 0 Å². The lowest BCUT2D eigenvalue weighted by atomic mass is 10.1. The van der Waals surface area contributed by atoms with Crippen molar-refractivity contribution in [1.82, 2.24) is 0 Å². The van der Waals surface area contributed by atoms with Crippen LogP contribution in [0, 0.1) is 0 Å². The Labute approximate surface area is 474 Å². The Morgan fingerprint density at radius 1 is 0.273 bits per heavy atom. The smallest absolute Gasteiger partial charge is 0.306 e. The highest BCUT2D eigenvalue weighted by molar-refractivity contribution is 5.71. The highest BCUT2D eigenvalue weighted by Crippen LogP contribution is 2.14. The number of hydrogen-bond acceptors (Lipinski definition) is 6. The third-order valence-electron chi connectivity index (χ3n) is 12.8. The molecule has 0 heterocycles. The maximum Gasteiger partial charge on any atom is 0.306 e. The van der Waals surface area contributed by atoms with E-state index >= 15 is 0 Å². The van der Waals surface area contributed by atoms with E-state index in [1.165, 1.54) is 89.9 Å². The zero-order valence-electron chi connectivity index (χ0n) is 49.7. The Morgan fingerprint density at radius 3 is 0.844 bits per heavy atom. The van der Waals surface area contributed by atoms with E-state index in [-0.39, 0.29) is 31.1 Å². The molecule has 0 bridgehead atoms. The molecule has 0 rings (SSSR count). The van der Waals surface area contributed by atoms with Gasteiger partial charge in [0.05, 0.1) is 0 Å². The first-order chi connectivity index (χ1) is 38.0. The first-order valence-electron chi connectivity index (χ1n) is 31.3. The topological polar surface area (TPSA) is 78.9 Å². The summed E-state index contributed by atoms with van der Waals surface area (Å²) in [7, 11) is 0. The van der Waals surface area contributed by atoms with Gasteiger partial charge in [0.2, 0.25) is 0 Å². The molecule has 0 aliphatic rings. The quantitative estimate of drug-likeness (QED) is 0.0261. The van der Waals surface area contributed by atoms with Gasteiger partial charge < -0.3 is 14.2 Å². The molecule has 0 fully saturated rings. The van der Waals surface area contributed by atoms with Crippen LogP contribution < -0.4 is 0 Å². The molecule has 434 valence electrons. The Morgan fingerprint density at radius 2 is 0.506 bits per heavy atom. The van der Waals surface area contributed by atoms with E-state index in [1.807, 2.05) is 0 Å². The normalized spacial score (nSPS) is 13.1. The van der Waals surface area contributed by atoms with Gasteiger partial charge in [-0.05, 0) is 141 Å². The largest absolute Gasteiger partial charge is 0.462 e. The van der Waals surface area contributed by atoms with Crippen LogP contribution in [0.25, 0.3) is 0 Å². The van der Waals surface area contributed by atoms with Crippen LogP contribution in [0.1, 0.15) is 265 Å². The molecule has 0 spiro atoms. The van der Waals surface area contributed by atoms with Crippen molar-refractivity contribution in [3.05, 3.63) is 146 Å². The average Bonchev–Trinajstić information content (AvgIpc) is 3.43. The lowest BCUT2D eigenvalue weighted by molar-refractivity contribution is -0.167. The fraction of sp³-hybridized carbons (Fsp3) is 0.620. The van der Waals surface area contributed by atoms with E-state index in [1.54, 1.807) is 0 Å². The summed E-state index contributed by atoms with van der Waals surface area (Å²) in [6.07, 6.45) is 91.3. The van der Waals surface area contributed by atoms with Crippen molar-refractivity contribution >= 4 is 17.9 Å². The van der Waals surface area contributed by atoms with Crippen LogP contribution in [0.5, 0.6) is 0 Å². The maximum absolute atomic E-state index is 12.9. The molecule has 0 aromatic heterocycles. The number of esters is 3. The lowest BCUT2D eigenvalue weighted by Gasteiger charge is -2.18. The molecule has 77 heavy (non-hydrogen) atoms. The average molecular weight is 1060 g/mol. The van der Waals surface area contributed by atoms with Crippen LogP contribution in [-0.4, -0.2) is 37.2 Å². The first-order valence-corrected chi connectivity index (χ1v) is 31.3. The van der Waals surface area contributed by atoms with E-state index in [2.05, 4.69) is 167 Å². The second kappa shape index (κ2) is 63.8. The molecular weight excluding hydrogens is 949 g/mol. The molecule has 0 aromatic carbocycles. The Bertz CT molecular complexity index is 1700. The molecule has 0 saturated heterocycles. The summed E-state index contributed by atoms with van der Waals surface area (Å²) in [6, 6.07) is 0. The fourth-order valence-electron chi connectivity index (χ4n) is 8.17. The minimum absolute atomic E-state index is 0.115. The van der Waals surface area contributed by atoms with E-state index < -0.39 is 6.10 Å². The molecule has 6 nitrogen and oxygen atoms in total. The number of hydrogen-bond donors (Lipinski definition) is 0. The first kappa shape index (κ1) is 72.3. The Kier molecular flexibility index (Phi) is 59.9. The number of unbranched alkanes of at least 4 members (excludes halogenated alkanes) is 20. The van der Waals surface area contributed by atoms with E-state index in [4.69, 9.17) is 14.2 Å². The van der Waals surface area contributed by atoms with Crippen molar-refractivity contribution < 1.29 is 28.6 Å². The SMILES string of the molecule is CC/C=C\C/C=C\C/C=C\C/C=C\C/C=C\C/C=C\C/C=C\CCCCCC(=O)OCC(COC(=O)CCCC/C=C\C/C=C\C/C=C\C/C=C\CC)OC(=O)CCCCCCCCCCC/C=C\CCCCCCCC. The summed E-state index contributed by atoms with van der Waals surface area (Å²) < 4.78 is 16.9. The van der Waals surface area contributed by atoms with E-state index in [9.17, 15) is 14.4 Å². The van der Waals surface area contributed by atoms with E-state index in [0.717, 1.165) is 128 Å². The number of allylic oxidation sites excluding steroid dienone is 24. The molecule has 0 aliphatic heterocycles. The second-order valence-electron chi connectivity index (χ2n) is 20.2. The fourth-order valence-corrected chi connectivity index (χ4v) is 8.17. The minimum Gasteiger partial charge on any atom is -0.462 e. The summed E-state index contributed by atoms with van der Waals surface area (Å²) >= 11 is 0. The zero-order chi connectivity index (χ0) is 55.7. The highest BCUT2D eigenvalue weighted by atomic mass is 16.6. The highest BCUT2D eigenvalue weighted by Gasteiger charge is 2.19. The molecule has 0 N–H and O–H groups in total. The van der Waals surface area contributed by atoms with Crippen LogP contribution in [0.3, 0.4) is 0 Å². The summed E-state index contributed by atoms with van der Waals surface area (Å²) in [5.41, 5.74) is 0. The van der Waals surface area contributed by atoms with Crippen LogP contribution in [0.15, 0.2) is 146 Å². The van der Waals surface area contributed by atoms with Crippen molar-refractivity contribution in [2.24, 2.45) is 0 Å². The summed E-state index contributed by atoms with van der Waals surface area (Å²) in [4.78, 5) is 38.3.